The summed E-state index contributed by atoms with van der Waals surface area (Å²) in [4.78, 5) is 26.3. The second-order valence-electron chi connectivity index (χ2n) is 2.88. The average molecular weight is 172 g/mol. The number of hydrogen-bond acceptors (Lipinski definition) is 4. The zero-order valence-corrected chi connectivity index (χ0v) is 6.11. The smallest absolute Gasteiger partial charge is 0.323 e. The molecule has 2 rings (SSSR count). The summed E-state index contributed by atoms with van der Waals surface area (Å²) in [6, 6.07) is -0.769. The lowest BCUT2D eigenvalue weighted by molar-refractivity contribution is -0.143. The predicted octanol–water partition coefficient (Wildman–Crippen LogP) is -1.91. The first-order chi connectivity index (χ1) is 5.70. The van der Waals surface area contributed by atoms with Gasteiger partial charge in [-0.3, -0.25) is 14.4 Å². The van der Waals surface area contributed by atoms with Crippen LogP contribution in [0.5, 0.6) is 0 Å². The van der Waals surface area contributed by atoms with Crippen LogP contribution in [0, 0.1) is 5.92 Å². The van der Waals surface area contributed by atoms with Crippen LogP contribution in [0.4, 0.5) is 0 Å². The van der Waals surface area contributed by atoms with E-state index in [1.807, 2.05) is 0 Å². The first-order valence-corrected chi connectivity index (χ1v) is 3.62. The molecular weight excluding hydrogens is 164 g/mol. The second-order valence-corrected chi connectivity index (χ2v) is 2.88. The second kappa shape index (κ2) is 2.43. The largest absolute Gasteiger partial charge is 0.480 e. The maximum Gasteiger partial charge on any atom is 0.323 e. The molecule has 2 fully saturated rings. The van der Waals surface area contributed by atoms with Crippen molar-refractivity contribution in [2.75, 3.05) is 6.54 Å². The number of carbonyl (C=O) groups excluding carboxylic acids is 1. The van der Waals surface area contributed by atoms with Crippen LogP contribution in [-0.2, 0) is 14.4 Å². The molecule has 0 spiro atoms. The van der Waals surface area contributed by atoms with Gasteiger partial charge in [0.25, 0.3) is 5.91 Å². The monoisotopic (exact) mass is 172 g/mol. The van der Waals surface area contributed by atoms with Crippen molar-refractivity contribution < 1.29 is 19.5 Å². The maximum absolute atomic E-state index is 11.0. The SMILES string of the molecule is O=C(O)[C@H]1NC[C@H]2C(=O)NO[C@@H]12. The fourth-order valence-electron chi connectivity index (χ4n) is 1.54. The minimum Gasteiger partial charge on any atom is -0.480 e. The predicted molar refractivity (Wildman–Crippen MR) is 35.9 cm³/mol. The van der Waals surface area contributed by atoms with Gasteiger partial charge in [0.05, 0.1) is 5.92 Å². The Bertz CT molecular complexity index is 242. The molecule has 2 saturated heterocycles. The number of hydroxylamine groups is 1. The molecule has 0 bridgehead atoms. The van der Waals surface area contributed by atoms with Gasteiger partial charge < -0.3 is 10.4 Å². The van der Waals surface area contributed by atoms with Crippen LogP contribution in [0.15, 0.2) is 0 Å². The van der Waals surface area contributed by atoms with E-state index in [-0.39, 0.29) is 11.8 Å². The van der Waals surface area contributed by atoms with E-state index in [0.717, 1.165) is 0 Å². The van der Waals surface area contributed by atoms with Crippen molar-refractivity contribution in [2.24, 2.45) is 5.92 Å². The Morgan fingerprint density at radius 3 is 3.08 bits per heavy atom. The van der Waals surface area contributed by atoms with Gasteiger partial charge in [0.15, 0.2) is 0 Å². The molecular formula is C6H8N2O4. The molecule has 2 heterocycles. The molecule has 0 radical (unpaired) electrons. The standard InChI is InChI=1S/C6H8N2O4/c9-5-2-1-7-3(6(10)11)4(2)12-8-5/h2-4,7H,1H2,(H,8,9)(H,10,11)/t2-,3+,4-/m1/s1. The highest BCUT2D eigenvalue weighted by molar-refractivity contribution is 5.84. The summed E-state index contributed by atoms with van der Waals surface area (Å²) in [5.41, 5.74) is 2.16. The number of carbonyl (C=O) groups is 2. The number of aliphatic carboxylic acids is 1. The van der Waals surface area contributed by atoms with Gasteiger partial charge in [0, 0.05) is 6.54 Å². The molecule has 1 amide bonds. The van der Waals surface area contributed by atoms with Crippen LogP contribution >= 0.6 is 0 Å². The van der Waals surface area contributed by atoms with Crippen LogP contribution < -0.4 is 10.8 Å². The fourth-order valence-corrected chi connectivity index (χ4v) is 1.54. The zero-order valence-electron chi connectivity index (χ0n) is 6.11. The Morgan fingerprint density at radius 1 is 1.67 bits per heavy atom. The summed E-state index contributed by atoms with van der Waals surface area (Å²) >= 11 is 0. The molecule has 2 aliphatic heterocycles. The third kappa shape index (κ3) is 0.886. The summed E-state index contributed by atoms with van der Waals surface area (Å²) in [5, 5.41) is 11.4. The molecule has 6 heteroatoms. The van der Waals surface area contributed by atoms with Crippen molar-refractivity contribution in [1.82, 2.24) is 10.8 Å². The molecule has 2 aliphatic rings. The lowest BCUT2D eigenvalue weighted by Crippen LogP contribution is -2.40. The molecule has 0 aliphatic carbocycles. The fraction of sp³-hybridized carbons (Fsp3) is 0.667. The summed E-state index contributed by atoms with van der Waals surface area (Å²) in [7, 11) is 0. The summed E-state index contributed by atoms with van der Waals surface area (Å²) in [6.45, 7) is 0.369. The number of nitrogens with one attached hydrogen (secondary N) is 2. The van der Waals surface area contributed by atoms with Gasteiger partial charge in [-0.05, 0) is 0 Å². The van der Waals surface area contributed by atoms with Crippen LogP contribution in [0.3, 0.4) is 0 Å². The minimum absolute atomic E-state index is 0.240. The molecule has 0 aromatic heterocycles. The van der Waals surface area contributed by atoms with E-state index in [1.54, 1.807) is 0 Å². The van der Waals surface area contributed by atoms with Crippen LogP contribution in [0.25, 0.3) is 0 Å². The van der Waals surface area contributed by atoms with Crippen molar-refractivity contribution in [3.63, 3.8) is 0 Å². The highest BCUT2D eigenvalue weighted by Gasteiger charge is 2.49. The van der Waals surface area contributed by atoms with Crippen molar-refractivity contribution in [3.05, 3.63) is 0 Å². The lowest BCUT2D eigenvalue weighted by atomic mass is 10.0. The lowest BCUT2D eigenvalue weighted by Gasteiger charge is -2.10. The number of amides is 1. The summed E-state index contributed by atoms with van der Waals surface area (Å²) < 4.78 is 0. The zero-order chi connectivity index (χ0) is 8.72. The van der Waals surface area contributed by atoms with Crippen molar-refractivity contribution >= 4 is 11.9 Å². The number of fused-ring (bicyclic) bond motifs is 1. The highest BCUT2D eigenvalue weighted by atomic mass is 16.7. The number of rotatable bonds is 1. The molecule has 0 unspecified atom stereocenters. The minimum atomic E-state index is -0.987. The van der Waals surface area contributed by atoms with E-state index in [1.165, 1.54) is 0 Å². The van der Waals surface area contributed by atoms with E-state index in [9.17, 15) is 9.59 Å². The third-order valence-corrected chi connectivity index (χ3v) is 2.18. The Balaban J connectivity index is 2.15. The molecule has 66 valence electrons. The van der Waals surface area contributed by atoms with E-state index in [4.69, 9.17) is 9.94 Å². The quantitative estimate of drug-likeness (QED) is 0.429. The van der Waals surface area contributed by atoms with Crippen LogP contribution in [-0.4, -0.2) is 35.7 Å². The van der Waals surface area contributed by atoms with Gasteiger partial charge >= 0.3 is 5.97 Å². The van der Waals surface area contributed by atoms with Gasteiger partial charge in [0.2, 0.25) is 0 Å². The van der Waals surface area contributed by atoms with Gasteiger partial charge in [0.1, 0.15) is 12.1 Å². The number of carboxylic acid groups (broad SMARTS) is 1. The summed E-state index contributed by atoms with van der Waals surface area (Å²) in [6.07, 6.45) is -0.560. The third-order valence-electron chi connectivity index (χ3n) is 2.18. The molecule has 0 aromatic rings. The molecule has 12 heavy (non-hydrogen) atoms. The molecule has 3 atom stereocenters. The first kappa shape index (κ1) is 7.51. The first-order valence-electron chi connectivity index (χ1n) is 3.62. The maximum atomic E-state index is 11.0. The van der Waals surface area contributed by atoms with Gasteiger partial charge in [-0.1, -0.05) is 0 Å². The van der Waals surface area contributed by atoms with Crippen molar-refractivity contribution in [2.45, 2.75) is 12.1 Å². The van der Waals surface area contributed by atoms with E-state index in [2.05, 4.69) is 10.8 Å². The van der Waals surface area contributed by atoms with Crippen LogP contribution in [0.1, 0.15) is 0 Å². The van der Waals surface area contributed by atoms with E-state index >= 15 is 0 Å². The van der Waals surface area contributed by atoms with Crippen LogP contribution in [0.2, 0.25) is 0 Å². The number of hydrogen-bond donors (Lipinski definition) is 3. The average Bonchev–Trinajstić information content (AvgIpc) is 2.53. The van der Waals surface area contributed by atoms with Gasteiger partial charge in [-0.15, -0.1) is 0 Å². The van der Waals surface area contributed by atoms with Gasteiger partial charge in [-0.2, -0.15) is 0 Å². The van der Waals surface area contributed by atoms with Gasteiger partial charge in [-0.25, -0.2) is 5.48 Å². The normalized spacial score (nSPS) is 39.3. The number of carboxylic acids is 1. The molecule has 0 aromatic carbocycles. The Kier molecular flexibility index (Phi) is 1.52. The molecule has 0 saturated carbocycles. The highest BCUT2D eigenvalue weighted by Crippen LogP contribution is 2.22. The Morgan fingerprint density at radius 2 is 2.42 bits per heavy atom. The topological polar surface area (TPSA) is 87.7 Å². The van der Waals surface area contributed by atoms with E-state index in [0.29, 0.717) is 6.54 Å². The molecule has 6 nitrogen and oxygen atoms in total. The Hall–Kier alpha value is -1.14. The van der Waals surface area contributed by atoms with Crippen molar-refractivity contribution in [3.8, 4) is 0 Å². The molecule has 3 N–H and O–H groups in total. The van der Waals surface area contributed by atoms with Crippen molar-refractivity contribution in [1.29, 1.82) is 0 Å². The van der Waals surface area contributed by atoms with E-state index < -0.39 is 18.1 Å². The Labute approximate surface area is 67.8 Å². The summed E-state index contributed by atoms with van der Waals surface area (Å²) in [5.74, 6) is -1.58.